The minimum Gasteiger partial charge on any atom is -0.755 e. The first-order chi connectivity index (χ1) is 19.1. The number of nitrogens with one attached hydrogen (secondary N) is 1. The lowest BCUT2D eigenvalue weighted by Crippen LogP contribution is -2.55. The van der Waals surface area contributed by atoms with Crippen LogP contribution in [0, 0.1) is 11.8 Å². The van der Waals surface area contributed by atoms with Gasteiger partial charge in [-0.3, -0.25) is 18.1 Å². The smallest absolute Gasteiger partial charge is 0.407 e. The van der Waals surface area contributed by atoms with Gasteiger partial charge in [-0.25, -0.2) is 4.79 Å². The fourth-order valence-corrected chi connectivity index (χ4v) is 6.02. The minimum absolute atomic E-state index is 0.0936. The number of anilines is 1. The van der Waals surface area contributed by atoms with E-state index in [-0.39, 0.29) is 24.3 Å². The molecule has 2 atom stereocenters. The number of hydrogen-bond donors (Lipinski definition) is 1. The van der Waals surface area contributed by atoms with Crippen molar-refractivity contribution in [2.75, 3.05) is 43.6 Å². The van der Waals surface area contributed by atoms with Crippen molar-refractivity contribution >= 4 is 57.2 Å². The Bertz CT molecular complexity index is 1250. The van der Waals surface area contributed by atoms with Gasteiger partial charge in [0, 0.05) is 48.2 Å². The topological polar surface area (TPSA) is 122 Å². The second-order valence-electron chi connectivity index (χ2n) is 10.8. The molecule has 218 valence electrons. The Morgan fingerprint density at radius 2 is 1.82 bits per heavy atom. The Morgan fingerprint density at radius 3 is 2.52 bits per heavy atom. The van der Waals surface area contributed by atoms with E-state index in [4.69, 9.17) is 16.3 Å². The molecule has 0 saturated carbocycles. The van der Waals surface area contributed by atoms with Crippen LogP contribution >= 0.6 is 11.6 Å². The monoisotopic (exact) mass is 591 g/mol. The summed E-state index contributed by atoms with van der Waals surface area (Å²) < 4.78 is 31.1. The molecule has 0 aliphatic carbocycles. The van der Waals surface area contributed by atoms with Gasteiger partial charge in [-0.2, -0.15) is 0 Å². The Balaban J connectivity index is 1.33. The van der Waals surface area contributed by atoms with E-state index in [2.05, 4.69) is 5.32 Å². The van der Waals surface area contributed by atoms with Crippen molar-refractivity contribution < 1.29 is 27.9 Å². The maximum absolute atomic E-state index is 13.4. The first kappa shape index (κ1) is 30.1. The highest BCUT2D eigenvalue weighted by Crippen LogP contribution is 2.30. The van der Waals surface area contributed by atoms with Crippen molar-refractivity contribution in [3.8, 4) is 0 Å². The summed E-state index contributed by atoms with van der Waals surface area (Å²) in [5, 5.41) is 4.97. The van der Waals surface area contributed by atoms with Gasteiger partial charge in [0.2, 0.25) is 11.8 Å². The first-order valence-electron chi connectivity index (χ1n) is 13.7. The van der Waals surface area contributed by atoms with Gasteiger partial charge in [-0.1, -0.05) is 37.6 Å². The number of alkyl carbamates (subject to hydrolysis) is 1. The van der Waals surface area contributed by atoms with E-state index >= 15 is 0 Å². The quantitative estimate of drug-likeness (QED) is 0.444. The number of amides is 3. The highest BCUT2D eigenvalue weighted by molar-refractivity contribution is 7.80. The van der Waals surface area contributed by atoms with E-state index in [1.807, 2.05) is 13.8 Å². The fourth-order valence-electron chi connectivity index (χ4n) is 5.15. The lowest BCUT2D eigenvalue weighted by molar-refractivity contribution is -0.143. The average Bonchev–Trinajstić information content (AvgIpc) is 2.93. The van der Waals surface area contributed by atoms with Gasteiger partial charge >= 0.3 is 6.09 Å². The molecule has 0 aromatic heterocycles. The van der Waals surface area contributed by atoms with Gasteiger partial charge in [0.1, 0.15) is 6.04 Å². The molecule has 2 aliphatic rings. The van der Waals surface area contributed by atoms with E-state index < -0.39 is 23.4 Å². The summed E-state index contributed by atoms with van der Waals surface area (Å²) in [6, 6.07) is 9.56. The third-order valence-electron chi connectivity index (χ3n) is 7.38. The van der Waals surface area contributed by atoms with E-state index in [9.17, 15) is 23.1 Å². The molecule has 12 heteroatoms. The number of ether oxygens (including phenoxy) is 1. The number of piperidine rings is 2. The molecular formula is C28H36ClN4O6S-. The Hall–Kier alpha value is -2.89. The van der Waals surface area contributed by atoms with Gasteiger partial charge in [0.05, 0.1) is 13.2 Å². The van der Waals surface area contributed by atoms with E-state index in [0.29, 0.717) is 75.1 Å². The molecule has 2 saturated heterocycles. The summed E-state index contributed by atoms with van der Waals surface area (Å²) >= 11 is 3.38. The molecule has 2 heterocycles. The SMILES string of the molecule is CC(C)CNC(=O)OCC1CCN(C(=O)CN2CCCC(N(c3ccc4cc(Cl)ccc4c3)S(=O)[O-])C2=O)CC1. The number of nitrogens with zero attached hydrogens (tertiary/aromatic N) is 3. The van der Waals surface area contributed by atoms with Gasteiger partial charge in [-0.15, -0.1) is 0 Å². The van der Waals surface area contributed by atoms with Crippen LogP contribution in [0.15, 0.2) is 36.4 Å². The fraction of sp³-hybridized carbons (Fsp3) is 0.536. The molecule has 0 radical (unpaired) electrons. The molecule has 3 amide bonds. The zero-order valence-corrected chi connectivity index (χ0v) is 24.4. The van der Waals surface area contributed by atoms with Gasteiger partial charge in [-0.05, 0) is 72.6 Å². The third-order valence-corrected chi connectivity index (χ3v) is 8.41. The molecule has 2 unspecified atom stereocenters. The molecule has 4 rings (SSSR count). The van der Waals surface area contributed by atoms with Crippen molar-refractivity contribution in [2.45, 2.75) is 45.6 Å². The van der Waals surface area contributed by atoms with Crippen molar-refractivity contribution in [1.82, 2.24) is 15.1 Å². The molecule has 2 aromatic rings. The van der Waals surface area contributed by atoms with Crippen molar-refractivity contribution in [3.05, 3.63) is 41.4 Å². The molecule has 0 spiro atoms. The lowest BCUT2D eigenvalue weighted by atomic mass is 9.97. The van der Waals surface area contributed by atoms with Crippen LogP contribution in [0.5, 0.6) is 0 Å². The highest BCUT2D eigenvalue weighted by Gasteiger charge is 2.36. The molecule has 1 N–H and O–H groups in total. The normalized spacial score (nSPS) is 19.1. The van der Waals surface area contributed by atoms with Gasteiger partial charge < -0.3 is 24.4 Å². The predicted octanol–water partition coefficient (Wildman–Crippen LogP) is 3.71. The lowest BCUT2D eigenvalue weighted by Gasteiger charge is -2.40. The van der Waals surface area contributed by atoms with Crippen molar-refractivity contribution in [2.24, 2.45) is 11.8 Å². The Kier molecular flexibility index (Phi) is 10.3. The molecule has 2 aromatic carbocycles. The average molecular weight is 592 g/mol. The van der Waals surface area contributed by atoms with E-state index in [1.165, 1.54) is 4.90 Å². The summed E-state index contributed by atoms with van der Waals surface area (Å²) in [6.07, 6.45) is 1.93. The first-order valence-corrected chi connectivity index (χ1v) is 15.1. The number of likely N-dealkylation sites (tertiary alicyclic amines) is 2. The van der Waals surface area contributed by atoms with Crippen LogP contribution in [0.1, 0.15) is 39.5 Å². The second kappa shape index (κ2) is 13.6. The predicted molar refractivity (Wildman–Crippen MR) is 153 cm³/mol. The van der Waals surface area contributed by atoms with Crippen LogP contribution in [-0.2, 0) is 25.6 Å². The van der Waals surface area contributed by atoms with Crippen LogP contribution in [-0.4, -0.2) is 81.8 Å². The van der Waals surface area contributed by atoms with Crippen molar-refractivity contribution in [1.29, 1.82) is 0 Å². The standard InChI is InChI=1S/C28H37ClN4O6S/c1-19(2)16-30-28(36)39-18-20-9-12-31(13-10-20)26(34)17-32-11-3-4-25(27(32)35)33(40(37)38)24-8-6-21-14-23(29)7-5-22(21)15-24/h5-8,14-15,19-20,25H,3-4,9-13,16-18H2,1-2H3,(H,30,36)(H,37,38)/p-1. The van der Waals surface area contributed by atoms with Crippen LogP contribution in [0.25, 0.3) is 10.8 Å². The summed E-state index contributed by atoms with van der Waals surface area (Å²) in [4.78, 5) is 41.5. The van der Waals surface area contributed by atoms with Gasteiger partial charge in [0.15, 0.2) is 0 Å². The number of carbonyl (C=O) groups is 3. The molecule has 10 nitrogen and oxygen atoms in total. The Morgan fingerprint density at radius 1 is 1.12 bits per heavy atom. The molecule has 2 aliphatic heterocycles. The summed E-state index contributed by atoms with van der Waals surface area (Å²) in [5.41, 5.74) is 0.386. The second-order valence-corrected chi connectivity index (χ2v) is 12.1. The zero-order chi connectivity index (χ0) is 28.8. The molecule has 2 fully saturated rings. The van der Waals surface area contributed by atoms with Crippen molar-refractivity contribution in [3.63, 3.8) is 0 Å². The number of rotatable bonds is 9. The van der Waals surface area contributed by atoms with Crippen LogP contribution in [0.2, 0.25) is 5.02 Å². The van der Waals surface area contributed by atoms with Crippen LogP contribution in [0.3, 0.4) is 0 Å². The number of halogens is 1. The zero-order valence-electron chi connectivity index (χ0n) is 22.8. The van der Waals surface area contributed by atoms with Crippen LogP contribution < -0.4 is 9.62 Å². The summed E-state index contributed by atoms with van der Waals surface area (Å²) in [6.45, 7) is 6.22. The highest BCUT2D eigenvalue weighted by atomic mass is 35.5. The summed E-state index contributed by atoms with van der Waals surface area (Å²) in [7, 11) is 0. The molecular weight excluding hydrogens is 556 g/mol. The maximum Gasteiger partial charge on any atom is 0.407 e. The Labute approximate surface area is 242 Å². The number of fused-ring (bicyclic) bond motifs is 1. The van der Waals surface area contributed by atoms with E-state index in [0.717, 1.165) is 15.1 Å². The molecule has 40 heavy (non-hydrogen) atoms. The number of hydrogen-bond acceptors (Lipinski definition) is 6. The summed E-state index contributed by atoms with van der Waals surface area (Å²) in [5.74, 6) is -0.0299. The maximum atomic E-state index is 13.4. The van der Waals surface area contributed by atoms with Crippen LogP contribution in [0.4, 0.5) is 10.5 Å². The number of benzene rings is 2. The largest absolute Gasteiger partial charge is 0.755 e. The minimum atomic E-state index is -2.69. The van der Waals surface area contributed by atoms with Gasteiger partial charge in [0.25, 0.3) is 0 Å². The number of carbonyl (C=O) groups excluding carboxylic acids is 3. The van der Waals surface area contributed by atoms with E-state index in [1.54, 1.807) is 41.3 Å². The third kappa shape index (κ3) is 7.64. The molecule has 0 bridgehead atoms.